The van der Waals surface area contributed by atoms with Crippen molar-refractivity contribution in [2.24, 2.45) is 5.41 Å². The summed E-state index contributed by atoms with van der Waals surface area (Å²) in [6.07, 6.45) is 1.66. The topological polar surface area (TPSA) is 63.2 Å². The number of thiazole rings is 1. The van der Waals surface area contributed by atoms with E-state index in [0.717, 1.165) is 36.5 Å². The largest absolute Gasteiger partial charge is 0.384 e. The Morgan fingerprint density at radius 1 is 1.48 bits per heavy atom. The summed E-state index contributed by atoms with van der Waals surface area (Å²) in [5.41, 5.74) is 2.43. The van der Waals surface area contributed by atoms with Gasteiger partial charge >= 0.3 is 0 Å². The average molecular weight is 356 g/mol. The maximum atomic E-state index is 12.5. The third kappa shape index (κ3) is 5.07. The SMILES string of the molecule is COCC1(C(=O)NCc2scnc2C)CCNCC1.Cl.Cl. The molecule has 0 saturated carbocycles. The van der Waals surface area contributed by atoms with Crippen LogP contribution >= 0.6 is 36.2 Å². The summed E-state index contributed by atoms with van der Waals surface area (Å²) < 4.78 is 5.27. The van der Waals surface area contributed by atoms with Crippen molar-refractivity contribution in [2.45, 2.75) is 26.3 Å². The van der Waals surface area contributed by atoms with Gasteiger partial charge in [0.1, 0.15) is 0 Å². The van der Waals surface area contributed by atoms with E-state index in [2.05, 4.69) is 15.6 Å². The first-order valence-corrected chi connectivity index (χ1v) is 7.43. The number of carbonyl (C=O) groups excluding carboxylic acids is 1. The summed E-state index contributed by atoms with van der Waals surface area (Å²) in [7, 11) is 1.66. The predicted octanol–water partition coefficient (Wildman–Crippen LogP) is 1.93. The van der Waals surface area contributed by atoms with Gasteiger partial charge in [-0.3, -0.25) is 4.79 Å². The van der Waals surface area contributed by atoms with Crippen molar-refractivity contribution in [1.82, 2.24) is 15.6 Å². The number of aromatic nitrogens is 1. The minimum atomic E-state index is -0.376. The third-order valence-corrected chi connectivity index (χ3v) is 4.65. The van der Waals surface area contributed by atoms with E-state index >= 15 is 0 Å². The Hall–Kier alpha value is -0.400. The van der Waals surface area contributed by atoms with Crippen LogP contribution in [0, 0.1) is 12.3 Å². The molecule has 0 aromatic carbocycles. The Morgan fingerprint density at radius 2 is 2.14 bits per heavy atom. The number of piperidine rings is 1. The van der Waals surface area contributed by atoms with E-state index in [-0.39, 0.29) is 36.1 Å². The van der Waals surface area contributed by atoms with Crippen LogP contribution in [0.25, 0.3) is 0 Å². The van der Waals surface area contributed by atoms with Crippen LogP contribution in [0.3, 0.4) is 0 Å². The van der Waals surface area contributed by atoms with Crippen LogP contribution in [-0.2, 0) is 16.1 Å². The molecule has 2 N–H and O–H groups in total. The van der Waals surface area contributed by atoms with Crippen LogP contribution in [0.1, 0.15) is 23.4 Å². The molecule has 0 radical (unpaired) electrons. The van der Waals surface area contributed by atoms with Crippen molar-refractivity contribution in [2.75, 3.05) is 26.8 Å². The molecule has 1 fully saturated rings. The van der Waals surface area contributed by atoms with E-state index in [1.54, 1.807) is 18.4 Å². The van der Waals surface area contributed by atoms with E-state index in [4.69, 9.17) is 4.74 Å². The van der Waals surface area contributed by atoms with Crippen molar-refractivity contribution < 1.29 is 9.53 Å². The molecule has 0 bridgehead atoms. The highest BCUT2D eigenvalue weighted by molar-refractivity contribution is 7.09. The van der Waals surface area contributed by atoms with Gasteiger partial charge in [-0.05, 0) is 32.9 Å². The molecule has 122 valence electrons. The lowest BCUT2D eigenvalue weighted by molar-refractivity contribution is -0.136. The van der Waals surface area contributed by atoms with Crippen LogP contribution in [0.4, 0.5) is 0 Å². The molecule has 2 rings (SSSR count). The molecule has 1 aliphatic rings. The third-order valence-electron chi connectivity index (χ3n) is 3.72. The first-order valence-electron chi connectivity index (χ1n) is 6.55. The Labute approximate surface area is 142 Å². The Kier molecular flexibility index (Phi) is 9.40. The second kappa shape index (κ2) is 9.58. The van der Waals surface area contributed by atoms with Crippen molar-refractivity contribution >= 4 is 42.1 Å². The van der Waals surface area contributed by atoms with Gasteiger partial charge in [-0.1, -0.05) is 0 Å². The molecule has 1 aliphatic heterocycles. The summed E-state index contributed by atoms with van der Waals surface area (Å²) in [6.45, 7) is 4.76. The number of aryl methyl sites for hydroxylation is 1. The molecule has 0 aliphatic carbocycles. The summed E-state index contributed by atoms with van der Waals surface area (Å²) in [5.74, 6) is 0.101. The number of hydrogen-bond acceptors (Lipinski definition) is 5. The highest BCUT2D eigenvalue weighted by atomic mass is 35.5. The number of nitrogens with zero attached hydrogens (tertiary/aromatic N) is 1. The zero-order chi connectivity index (χ0) is 13.7. The van der Waals surface area contributed by atoms with Gasteiger partial charge in [0.05, 0.1) is 29.8 Å². The van der Waals surface area contributed by atoms with Crippen molar-refractivity contribution in [3.63, 3.8) is 0 Å². The fourth-order valence-electron chi connectivity index (χ4n) is 2.46. The zero-order valence-corrected chi connectivity index (χ0v) is 14.8. The standard InChI is InChI=1S/C13H21N3O2S.2ClH/c1-10-11(19-9-16-10)7-15-12(17)13(8-18-2)3-5-14-6-4-13;;/h9,14H,3-8H2,1-2H3,(H,15,17);2*1H. The normalized spacial score (nSPS) is 16.5. The molecule has 8 heteroatoms. The average Bonchev–Trinajstić information content (AvgIpc) is 2.83. The van der Waals surface area contributed by atoms with Crippen LogP contribution in [0.2, 0.25) is 0 Å². The van der Waals surface area contributed by atoms with Gasteiger partial charge in [0.2, 0.25) is 5.91 Å². The molecule has 5 nitrogen and oxygen atoms in total. The highest BCUT2D eigenvalue weighted by Gasteiger charge is 2.39. The molecule has 1 aromatic rings. The number of methoxy groups -OCH3 is 1. The molecule has 1 aromatic heterocycles. The smallest absolute Gasteiger partial charge is 0.228 e. The maximum Gasteiger partial charge on any atom is 0.228 e. The van der Waals surface area contributed by atoms with Gasteiger partial charge in [0, 0.05) is 12.0 Å². The summed E-state index contributed by atoms with van der Waals surface area (Å²) in [5, 5.41) is 6.33. The van der Waals surface area contributed by atoms with Crippen molar-refractivity contribution in [1.29, 1.82) is 0 Å². The van der Waals surface area contributed by atoms with Crippen molar-refractivity contribution in [3.05, 3.63) is 16.1 Å². The lowest BCUT2D eigenvalue weighted by atomic mass is 9.78. The number of amides is 1. The van der Waals surface area contributed by atoms with E-state index in [9.17, 15) is 4.79 Å². The number of ether oxygens (including phenoxy) is 1. The summed E-state index contributed by atoms with van der Waals surface area (Å²) >= 11 is 1.58. The molecule has 1 amide bonds. The van der Waals surface area contributed by atoms with Crippen LogP contribution in [-0.4, -0.2) is 37.7 Å². The van der Waals surface area contributed by atoms with Crippen LogP contribution in [0.5, 0.6) is 0 Å². The van der Waals surface area contributed by atoms with Crippen LogP contribution < -0.4 is 10.6 Å². The fraction of sp³-hybridized carbons (Fsp3) is 0.692. The summed E-state index contributed by atoms with van der Waals surface area (Å²) in [6, 6.07) is 0. The van der Waals surface area contributed by atoms with Gasteiger partial charge in [-0.15, -0.1) is 36.2 Å². The second-order valence-electron chi connectivity index (χ2n) is 5.01. The lowest BCUT2D eigenvalue weighted by Crippen LogP contribution is -2.49. The minimum Gasteiger partial charge on any atom is -0.384 e. The highest BCUT2D eigenvalue weighted by Crippen LogP contribution is 2.29. The lowest BCUT2D eigenvalue weighted by Gasteiger charge is -2.35. The van der Waals surface area contributed by atoms with E-state index < -0.39 is 0 Å². The Bertz CT molecular complexity index is 431. The Balaban J connectivity index is 0.00000200. The number of nitrogens with one attached hydrogen (secondary N) is 2. The molecule has 0 spiro atoms. The van der Waals surface area contributed by atoms with Gasteiger partial charge in [-0.25, -0.2) is 4.98 Å². The first-order chi connectivity index (χ1) is 9.18. The summed E-state index contributed by atoms with van der Waals surface area (Å²) in [4.78, 5) is 17.8. The van der Waals surface area contributed by atoms with Crippen molar-refractivity contribution in [3.8, 4) is 0 Å². The molecule has 21 heavy (non-hydrogen) atoms. The zero-order valence-electron chi connectivity index (χ0n) is 12.3. The maximum absolute atomic E-state index is 12.5. The quantitative estimate of drug-likeness (QED) is 0.846. The van der Waals surface area contributed by atoms with Crippen LogP contribution in [0.15, 0.2) is 5.51 Å². The molecular formula is C13H23Cl2N3O2S. The van der Waals surface area contributed by atoms with Gasteiger partial charge in [-0.2, -0.15) is 0 Å². The molecule has 0 atom stereocenters. The predicted molar refractivity (Wildman–Crippen MR) is 89.6 cm³/mol. The van der Waals surface area contributed by atoms with E-state index in [0.29, 0.717) is 13.2 Å². The van der Waals surface area contributed by atoms with Gasteiger partial charge in [0.25, 0.3) is 0 Å². The van der Waals surface area contributed by atoms with Gasteiger partial charge < -0.3 is 15.4 Å². The fourth-order valence-corrected chi connectivity index (χ4v) is 3.18. The second-order valence-corrected chi connectivity index (χ2v) is 5.95. The van der Waals surface area contributed by atoms with E-state index in [1.807, 2.05) is 12.4 Å². The minimum absolute atomic E-state index is 0. The molecule has 2 heterocycles. The number of carbonyl (C=O) groups is 1. The van der Waals surface area contributed by atoms with Gasteiger partial charge in [0.15, 0.2) is 0 Å². The molecule has 1 saturated heterocycles. The number of hydrogen-bond donors (Lipinski definition) is 2. The first kappa shape index (κ1) is 20.6. The Morgan fingerprint density at radius 3 is 2.67 bits per heavy atom. The number of rotatable bonds is 5. The molecule has 0 unspecified atom stereocenters. The monoisotopic (exact) mass is 355 g/mol. The molecular weight excluding hydrogens is 333 g/mol. The number of halogens is 2. The van der Waals surface area contributed by atoms with E-state index in [1.165, 1.54) is 0 Å².